The summed E-state index contributed by atoms with van der Waals surface area (Å²) >= 11 is 0. The summed E-state index contributed by atoms with van der Waals surface area (Å²) in [5, 5.41) is 15.5. The summed E-state index contributed by atoms with van der Waals surface area (Å²) < 4.78 is 1.99. The Morgan fingerprint density at radius 3 is 2.56 bits per heavy atom. The smallest absolute Gasteiger partial charge is 0.192 e. The lowest BCUT2D eigenvalue weighted by molar-refractivity contribution is 0.131. The summed E-state index contributed by atoms with van der Waals surface area (Å²) in [7, 11) is 1.98. The molecule has 1 aliphatic carbocycles. The van der Waals surface area contributed by atoms with Crippen LogP contribution < -0.4 is 10.6 Å². The molecule has 0 saturated heterocycles. The van der Waals surface area contributed by atoms with E-state index in [1.165, 1.54) is 31.2 Å². The molecule has 1 aromatic heterocycles. The summed E-state index contributed by atoms with van der Waals surface area (Å²) in [5.41, 5.74) is 1.68. The average Bonchev–Trinajstić information content (AvgIpc) is 2.98. The Bertz CT molecular complexity index is 755. The molecule has 2 aromatic rings. The van der Waals surface area contributed by atoms with E-state index < -0.39 is 0 Å². The second kappa shape index (κ2) is 8.55. The number of nitrogens with one attached hydrogen (secondary N) is 2. The van der Waals surface area contributed by atoms with E-state index in [-0.39, 0.29) is 6.04 Å². The van der Waals surface area contributed by atoms with Crippen LogP contribution in [0.25, 0.3) is 0 Å². The molecule has 3 rings (SSSR count). The van der Waals surface area contributed by atoms with Crippen LogP contribution in [-0.2, 0) is 13.6 Å². The molecule has 1 atom stereocenters. The summed E-state index contributed by atoms with van der Waals surface area (Å²) in [4.78, 5) is 4.80. The maximum atomic E-state index is 4.80. The molecule has 0 spiro atoms. The number of guanidine groups is 1. The van der Waals surface area contributed by atoms with Crippen LogP contribution in [0.5, 0.6) is 0 Å². The summed E-state index contributed by atoms with van der Waals surface area (Å²) in [6, 6.07) is 10.6. The molecule has 1 aliphatic rings. The first-order valence-electron chi connectivity index (χ1n) is 9.98. The van der Waals surface area contributed by atoms with Gasteiger partial charge >= 0.3 is 0 Å². The lowest BCUT2D eigenvalue weighted by Gasteiger charge is -2.41. The van der Waals surface area contributed by atoms with Gasteiger partial charge in [-0.1, -0.05) is 43.7 Å². The lowest BCUT2D eigenvalue weighted by Crippen LogP contribution is -2.46. The molecule has 1 heterocycles. The van der Waals surface area contributed by atoms with Crippen molar-refractivity contribution in [2.24, 2.45) is 17.5 Å². The van der Waals surface area contributed by atoms with Crippen molar-refractivity contribution in [2.75, 3.05) is 6.54 Å². The molecule has 2 N–H and O–H groups in total. The normalized spacial score (nSPS) is 17.3. The lowest BCUT2D eigenvalue weighted by atomic mass is 9.67. The van der Waals surface area contributed by atoms with Gasteiger partial charge in [0.1, 0.15) is 12.4 Å². The molecule has 1 unspecified atom stereocenters. The molecule has 6 nitrogen and oxygen atoms in total. The van der Waals surface area contributed by atoms with Crippen LogP contribution in [-0.4, -0.2) is 27.3 Å². The zero-order chi connectivity index (χ0) is 19.3. The first-order chi connectivity index (χ1) is 13.0. The van der Waals surface area contributed by atoms with E-state index in [0.29, 0.717) is 12.0 Å². The summed E-state index contributed by atoms with van der Waals surface area (Å²) in [6.45, 7) is 7.89. The van der Waals surface area contributed by atoms with E-state index in [9.17, 15) is 0 Å². The largest absolute Gasteiger partial charge is 0.356 e. The molecule has 0 amide bonds. The number of hydrogen-bond acceptors (Lipinski definition) is 3. The van der Waals surface area contributed by atoms with Gasteiger partial charge in [-0.15, -0.1) is 10.2 Å². The molecule has 1 aromatic carbocycles. The van der Waals surface area contributed by atoms with Crippen LogP contribution in [0.4, 0.5) is 0 Å². The first kappa shape index (κ1) is 19.4. The van der Waals surface area contributed by atoms with Crippen molar-refractivity contribution in [3.63, 3.8) is 0 Å². The number of hydrogen-bond donors (Lipinski definition) is 2. The van der Waals surface area contributed by atoms with Crippen LogP contribution in [0.15, 0.2) is 35.3 Å². The van der Waals surface area contributed by atoms with Crippen molar-refractivity contribution in [1.82, 2.24) is 25.4 Å². The van der Waals surface area contributed by atoms with E-state index in [1.54, 1.807) is 0 Å². The Balaban J connectivity index is 1.71. The maximum Gasteiger partial charge on any atom is 0.192 e. The van der Waals surface area contributed by atoms with Gasteiger partial charge in [-0.2, -0.15) is 0 Å². The SMILES string of the molecule is CCC1(CNC(=NCc2nnc(C)n2C)NC(C)c2ccccc2)CCC1. The van der Waals surface area contributed by atoms with Gasteiger partial charge in [0.05, 0.1) is 6.04 Å². The van der Waals surface area contributed by atoms with Crippen LogP contribution in [0.2, 0.25) is 0 Å². The molecule has 0 bridgehead atoms. The molecule has 146 valence electrons. The zero-order valence-electron chi connectivity index (χ0n) is 17.0. The average molecular weight is 369 g/mol. The fourth-order valence-electron chi connectivity index (χ4n) is 3.52. The quantitative estimate of drug-likeness (QED) is 0.580. The van der Waals surface area contributed by atoms with Crippen LogP contribution in [0, 0.1) is 12.3 Å². The van der Waals surface area contributed by atoms with Gasteiger partial charge in [-0.3, -0.25) is 0 Å². The van der Waals surface area contributed by atoms with E-state index in [4.69, 9.17) is 4.99 Å². The minimum atomic E-state index is 0.178. The van der Waals surface area contributed by atoms with E-state index in [2.05, 4.69) is 58.9 Å². The highest BCUT2D eigenvalue weighted by atomic mass is 15.3. The number of rotatable bonds is 7. The fourth-order valence-corrected chi connectivity index (χ4v) is 3.52. The zero-order valence-corrected chi connectivity index (χ0v) is 17.0. The van der Waals surface area contributed by atoms with E-state index >= 15 is 0 Å². The molecular formula is C21H32N6. The minimum absolute atomic E-state index is 0.178. The highest BCUT2D eigenvalue weighted by Crippen LogP contribution is 2.43. The van der Waals surface area contributed by atoms with Crippen molar-refractivity contribution in [2.45, 2.75) is 59.0 Å². The maximum absolute atomic E-state index is 4.80. The third-order valence-electron chi connectivity index (χ3n) is 6.01. The van der Waals surface area contributed by atoms with Gasteiger partial charge in [0.25, 0.3) is 0 Å². The van der Waals surface area contributed by atoms with Crippen LogP contribution in [0.3, 0.4) is 0 Å². The fraction of sp³-hybridized carbons (Fsp3) is 0.571. The second-order valence-corrected chi connectivity index (χ2v) is 7.72. The second-order valence-electron chi connectivity index (χ2n) is 7.72. The number of nitrogens with zero attached hydrogens (tertiary/aromatic N) is 4. The predicted octanol–water partition coefficient (Wildman–Crippen LogP) is 3.50. The van der Waals surface area contributed by atoms with Crippen molar-refractivity contribution >= 4 is 5.96 Å². The number of aliphatic imine (C=N–C) groups is 1. The van der Waals surface area contributed by atoms with Gasteiger partial charge in [-0.25, -0.2) is 4.99 Å². The van der Waals surface area contributed by atoms with Crippen molar-refractivity contribution in [1.29, 1.82) is 0 Å². The van der Waals surface area contributed by atoms with Crippen molar-refractivity contribution in [3.8, 4) is 0 Å². The molecular weight excluding hydrogens is 336 g/mol. The summed E-state index contributed by atoms with van der Waals surface area (Å²) in [6.07, 6.45) is 5.17. The van der Waals surface area contributed by atoms with Crippen LogP contribution in [0.1, 0.15) is 62.8 Å². The van der Waals surface area contributed by atoms with E-state index in [0.717, 1.165) is 24.2 Å². The van der Waals surface area contributed by atoms with E-state index in [1.807, 2.05) is 24.6 Å². The number of aryl methyl sites for hydroxylation is 1. The Morgan fingerprint density at radius 2 is 2.00 bits per heavy atom. The Morgan fingerprint density at radius 1 is 1.26 bits per heavy atom. The first-order valence-corrected chi connectivity index (χ1v) is 9.98. The molecule has 0 aliphatic heterocycles. The third-order valence-corrected chi connectivity index (χ3v) is 6.01. The predicted molar refractivity (Wildman–Crippen MR) is 109 cm³/mol. The molecule has 0 radical (unpaired) electrons. The Hall–Kier alpha value is -2.37. The van der Waals surface area contributed by atoms with Crippen LogP contribution >= 0.6 is 0 Å². The molecule has 27 heavy (non-hydrogen) atoms. The van der Waals surface area contributed by atoms with Gasteiger partial charge < -0.3 is 15.2 Å². The number of benzene rings is 1. The molecule has 1 fully saturated rings. The van der Waals surface area contributed by atoms with Gasteiger partial charge in [0.15, 0.2) is 11.8 Å². The topological polar surface area (TPSA) is 67.1 Å². The Kier molecular flexibility index (Phi) is 6.14. The van der Waals surface area contributed by atoms with Crippen molar-refractivity contribution < 1.29 is 0 Å². The standard InChI is InChI=1S/C21H32N6/c1-5-21(12-9-13-21)15-23-20(22-14-19-26-25-17(3)27(19)4)24-16(2)18-10-7-6-8-11-18/h6-8,10-11,16H,5,9,12-15H2,1-4H3,(H2,22,23,24). The molecule has 6 heteroatoms. The minimum Gasteiger partial charge on any atom is -0.356 e. The highest BCUT2D eigenvalue weighted by Gasteiger charge is 2.35. The monoisotopic (exact) mass is 368 g/mol. The molecule has 1 saturated carbocycles. The third kappa shape index (κ3) is 4.67. The number of aromatic nitrogens is 3. The van der Waals surface area contributed by atoms with Crippen molar-refractivity contribution in [3.05, 3.63) is 47.5 Å². The Labute approximate surface area is 162 Å². The summed E-state index contributed by atoms with van der Waals surface area (Å²) in [5.74, 6) is 2.61. The van der Waals surface area contributed by atoms with Gasteiger partial charge in [-0.05, 0) is 44.1 Å². The highest BCUT2D eigenvalue weighted by molar-refractivity contribution is 5.80. The van der Waals surface area contributed by atoms with Gasteiger partial charge in [0, 0.05) is 13.6 Å². The van der Waals surface area contributed by atoms with Gasteiger partial charge in [0.2, 0.25) is 0 Å².